The molecule has 182 valence electrons. The summed E-state index contributed by atoms with van der Waals surface area (Å²) in [5, 5.41) is 9.12. The van der Waals surface area contributed by atoms with Gasteiger partial charge in [-0.2, -0.15) is 0 Å². The van der Waals surface area contributed by atoms with Crippen molar-refractivity contribution < 1.29 is 33.7 Å². The Morgan fingerprint density at radius 1 is 1.03 bits per heavy atom. The molecule has 0 fully saturated rings. The SMILES string of the molecule is COc1cc(C2C3=C(CC(C)(C)CC3=O)OC3=C2C(=O)CC(C)(C)C3)cc(Cl)c1OCC(=O)O. The molecule has 2 aliphatic carbocycles. The Labute approximate surface area is 203 Å². The molecule has 0 atom stereocenters. The smallest absolute Gasteiger partial charge is 0.341 e. The largest absolute Gasteiger partial charge is 0.493 e. The summed E-state index contributed by atoms with van der Waals surface area (Å²) in [4.78, 5) is 37.8. The number of Topliss-reactive ketones (excluding diaryl/α,β-unsaturated/α-hetero) is 2. The molecule has 0 bridgehead atoms. The lowest BCUT2D eigenvalue weighted by Crippen LogP contribution is -2.37. The highest BCUT2D eigenvalue weighted by Gasteiger charge is 2.48. The van der Waals surface area contributed by atoms with Crippen LogP contribution in [0.3, 0.4) is 0 Å². The Bertz CT molecular complexity index is 1100. The molecule has 0 unspecified atom stereocenters. The second kappa shape index (κ2) is 8.45. The van der Waals surface area contributed by atoms with Crippen LogP contribution in [0.25, 0.3) is 0 Å². The summed E-state index contributed by atoms with van der Waals surface area (Å²) in [6.07, 6.45) is 1.86. The first-order valence-electron chi connectivity index (χ1n) is 11.2. The van der Waals surface area contributed by atoms with Crippen LogP contribution in [0.2, 0.25) is 5.02 Å². The van der Waals surface area contributed by atoms with E-state index in [-0.39, 0.29) is 38.9 Å². The Balaban J connectivity index is 1.90. The van der Waals surface area contributed by atoms with E-state index in [4.69, 9.17) is 30.9 Å². The third-order valence-corrected chi connectivity index (χ3v) is 6.79. The van der Waals surface area contributed by atoms with Crippen LogP contribution in [0, 0.1) is 10.8 Å². The highest BCUT2D eigenvalue weighted by molar-refractivity contribution is 6.32. The van der Waals surface area contributed by atoms with Crippen LogP contribution < -0.4 is 9.47 Å². The molecule has 0 saturated carbocycles. The number of hydrogen-bond acceptors (Lipinski definition) is 6. The zero-order chi connectivity index (χ0) is 25.0. The minimum absolute atomic E-state index is 0.0540. The van der Waals surface area contributed by atoms with Gasteiger partial charge in [-0.1, -0.05) is 39.3 Å². The number of carbonyl (C=O) groups is 3. The van der Waals surface area contributed by atoms with Gasteiger partial charge in [0.05, 0.1) is 12.1 Å². The summed E-state index contributed by atoms with van der Waals surface area (Å²) >= 11 is 6.50. The van der Waals surface area contributed by atoms with Crippen LogP contribution in [-0.4, -0.2) is 36.4 Å². The van der Waals surface area contributed by atoms with Crippen LogP contribution in [0.4, 0.5) is 0 Å². The van der Waals surface area contributed by atoms with Gasteiger partial charge in [-0.25, -0.2) is 4.79 Å². The van der Waals surface area contributed by atoms with Crippen LogP contribution in [0.5, 0.6) is 11.5 Å². The van der Waals surface area contributed by atoms with Crippen LogP contribution in [0.15, 0.2) is 34.8 Å². The van der Waals surface area contributed by atoms with Crippen molar-refractivity contribution in [1.29, 1.82) is 0 Å². The number of ketones is 2. The first-order valence-corrected chi connectivity index (χ1v) is 11.6. The first-order chi connectivity index (χ1) is 15.8. The van der Waals surface area contributed by atoms with Crippen molar-refractivity contribution in [3.8, 4) is 11.5 Å². The maximum atomic E-state index is 13.4. The van der Waals surface area contributed by atoms with Gasteiger partial charge in [-0.3, -0.25) is 9.59 Å². The fourth-order valence-electron chi connectivity index (χ4n) is 5.19. The van der Waals surface area contributed by atoms with E-state index in [1.807, 2.05) is 27.7 Å². The average Bonchev–Trinajstić information content (AvgIpc) is 2.68. The summed E-state index contributed by atoms with van der Waals surface area (Å²) in [6, 6.07) is 3.28. The number of benzene rings is 1. The lowest BCUT2D eigenvalue weighted by atomic mass is 9.65. The minimum Gasteiger partial charge on any atom is -0.493 e. The molecule has 7 nitrogen and oxygen atoms in total. The summed E-state index contributed by atoms with van der Waals surface area (Å²) in [6.45, 7) is 7.53. The van der Waals surface area contributed by atoms with Crippen LogP contribution in [-0.2, 0) is 19.1 Å². The molecule has 1 aromatic carbocycles. The fraction of sp³-hybridized carbons (Fsp3) is 0.500. The monoisotopic (exact) mass is 488 g/mol. The summed E-state index contributed by atoms with van der Waals surface area (Å²) in [5.41, 5.74) is 1.08. The molecule has 0 spiro atoms. The van der Waals surface area contributed by atoms with Crippen molar-refractivity contribution in [2.24, 2.45) is 10.8 Å². The first kappa shape index (κ1) is 24.3. The quantitative estimate of drug-likeness (QED) is 0.607. The normalized spacial score (nSPS) is 21.6. The molecule has 1 aliphatic heterocycles. The number of allylic oxidation sites excluding steroid dienone is 4. The maximum Gasteiger partial charge on any atom is 0.341 e. The number of carboxylic acids is 1. The predicted octanol–water partition coefficient (Wildman–Crippen LogP) is 5.21. The van der Waals surface area contributed by atoms with Crippen molar-refractivity contribution in [1.82, 2.24) is 0 Å². The van der Waals surface area contributed by atoms with E-state index < -0.39 is 18.5 Å². The van der Waals surface area contributed by atoms with Gasteiger partial charge in [0, 0.05) is 42.7 Å². The molecule has 0 saturated heterocycles. The third kappa shape index (κ3) is 4.45. The minimum atomic E-state index is -1.15. The number of halogens is 1. The van der Waals surface area contributed by atoms with Gasteiger partial charge in [-0.15, -0.1) is 0 Å². The van der Waals surface area contributed by atoms with E-state index in [0.717, 1.165) is 0 Å². The fourth-order valence-corrected chi connectivity index (χ4v) is 5.46. The maximum absolute atomic E-state index is 13.4. The van der Waals surface area contributed by atoms with Gasteiger partial charge in [0.1, 0.15) is 11.5 Å². The summed E-state index contributed by atoms with van der Waals surface area (Å²) in [7, 11) is 1.42. The molecule has 34 heavy (non-hydrogen) atoms. The van der Waals surface area contributed by atoms with E-state index in [2.05, 4.69) is 0 Å². The Hall–Kier alpha value is -2.80. The Morgan fingerprint density at radius 2 is 1.56 bits per heavy atom. The molecule has 0 radical (unpaired) electrons. The number of ether oxygens (including phenoxy) is 3. The molecule has 1 aromatic rings. The number of aliphatic carboxylic acids is 1. The van der Waals surface area contributed by atoms with Crippen molar-refractivity contribution in [3.63, 3.8) is 0 Å². The van der Waals surface area contributed by atoms with E-state index in [9.17, 15) is 14.4 Å². The van der Waals surface area contributed by atoms with Gasteiger partial charge in [0.25, 0.3) is 0 Å². The Kier molecular flexibility index (Phi) is 6.05. The highest BCUT2D eigenvalue weighted by Crippen LogP contribution is 2.54. The van der Waals surface area contributed by atoms with Crippen molar-refractivity contribution in [3.05, 3.63) is 45.4 Å². The second-order valence-electron chi connectivity index (χ2n) is 10.8. The zero-order valence-electron chi connectivity index (χ0n) is 20.0. The van der Waals surface area contributed by atoms with E-state index in [1.165, 1.54) is 7.11 Å². The molecule has 3 aliphatic rings. The van der Waals surface area contributed by atoms with Crippen LogP contribution >= 0.6 is 11.6 Å². The lowest BCUT2D eigenvalue weighted by Gasteiger charge is -2.42. The molecule has 1 heterocycles. The van der Waals surface area contributed by atoms with Gasteiger partial charge < -0.3 is 19.3 Å². The third-order valence-electron chi connectivity index (χ3n) is 6.51. The van der Waals surface area contributed by atoms with Gasteiger partial charge in [-0.05, 0) is 28.5 Å². The highest BCUT2D eigenvalue weighted by atomic mass is 35.5. The van der Waals surface area contributed by atoms with Gasteiger partial charge in [0.15, 0.2) is 29.7 Å². The molecule has 4 rings (SSSR count). The summed E-state index contributed by atoms with van der Waals surface area (Å²) in [5.74, 6) is -0.352. The topological polar surface area (TPSA) is 99.1 Å². The second-order valence-corrected chi connectivity index (χ2v) is 11.2. The van der Waals surface area contributed by atoms with E-state index in [1.54, 1.807) is 12.1 Å². The zero-order valence-corrected chi connectivity index (χ0v) is 20.8. The molecular formula is C26H29ClO7. The average molecular weight is 489 g/mol. The number of hydrogen-bond donors (Lipinski definition) is 1. The number of carbonyl (C=O) groups excluding carboxylic acids is 2. The molecular weight excluding hydrogens is 460 g/mol. The van der Waals surface area contributed by atoms with Gasteiger partial charge in [0.2, 0.25) is 0 Å². The van der Waals surface area contributed by atoms with Crippen LogP contribution in [0.1, 0.15) is 64.9 Å². The predicted molar refractivity (Wildman–Crippen MR) is 125 cm³/mol. The molecule has 1 N–H and O–H groups in total. The van der Waals surface area contributed by atoms with Crippen molar-refractivity contribution in [2.75, 3.05) is 13.7 Å². The summed E-state index contributed by atoms with van der Waals surface area (Å²) < 4.78 is 17.1. The van der Waals surface area contributed by atoms with Gasteiger partial charge >= 0.3 is 5.97 Å². The molecule has 0 aromatic heterocycles. The van der Waals surface area contributed by atoms with E-state index >= 15 is 0 Å². The lowest BCUT2D eigenvalue weighted by molar-refractivity contribution is -0.139. The standard InChI is InChI=1S/C26H29ClO7/c1-25(2)8-15(28)22-18(10-25)34-19-11-26(3,4)9-16(29)23(19)21(22)13-6-14(27)24(17(7-13)32-5)33-12-20(30)31/h6-7,21H,8-12H2,1-5H3,(H,30,31). The van der Waals surface area contributed by atoms with Crippen molar-refractivity contribution >= 4 is 29.1 Å². The number of methoxy groups -OCH3 is 1. The number of rotatable bonds is 5. The van der Waals surface area contributed by atoms with E-state index in [0.29, 0.717) is 53.9 Å². The van der Waals surface area contributed by atoms with Crippen molar-refractivity contribution in [2.45, 2.75) is 59.3 Å². The molecule has 8 heteroatoms. The Morgan fingerprint density at radius 3 is 2.03 bits per heavy atom. The number of carboxylic acid groups (broad SMARTS) is 1. The molecule has 0 amide bonds.